The third-order valence-electron chi connectivity index (χ3n) is 3.14. The third kappa shape index (κ3) is 3.61. The normalized spacial score (nSPS) is 10.3. The first-order valence-electron chi connectivity index (χ1n) is 6.36. The smallest absolute Gasteiger partial charge is 0.228 e. The minimum Gasteiger partial charge on any atom is -0.398 e. The van der Waals surface area contributed by atoms with Gasteiger partial charge in [-0.05, 0) is 48.7 Å². The summed E-state index contributed by atoms with van der Waals surface area (Å²) < 4.78 is 0.971. The van der Waals surface area contributed by atoms with E-state index in [2.05, 4.69) is 21.2 Å². The first-order valence-corrected chi connectivity index (χ1v) is 7.16. The molecule has 0 heterocycles. The number of amides is 1. The van der Waals surface area contributed by atoms with Crippen molar-refractivity contribution in [3.63, 3.8) is 0 Å². The highest BCUT2D eigenvalue weighted by Crippen LogP contribution is 2.22. The van der Waals surface area contributed by atoms with Crippen LogP contribution in [0.25, 0.3) is 0 Å². The van der Waals surface area contributed by atoms with E-state index in [-0.39, 0.29) is 5.91 Å². The number of nitrogen functional groups attached to an aromatic ring is 1. The predicted molar refractivity (Wildman–Crippen MR) is 86.8 cm³/mol. The van der Waals surface area contributed by atoms with Crippen LogP contribution in [0.3, 0.4) is 0 Å². The highest BCUT2D eigenvalue weighted by molar-refractivity contribution is 9.10. The van der Waals surface area contributed by atoms with Crippen molar-refractivity contribution in [1.29, 1.82) is 0 Å². The number of benzene rings is 2. The molecule has 0 atom stereocenters. The van der Waals surface area contributed by atoms with Crippen molar-refractivity contribution < 1.29 is 4.79 Å². The van der Waals surface area contributed by atoms with Gasteiger partial charge in [0.05, 0.1) is 6.42 Å². The van der Waals surface area contributed by atoms with Gasteiger partial charge in [-0.25, -0.2) is 0 Å². The number of nitrogens with one attached hydrogen (secondary N) is 1. The molecule has 0 saturated heterocycles. The van der Waals surface area contributed by atoms with E-state index in [0.29, 0.717) is 12.1 Å². The number of hydrogen-bond donors (Lipinski definition) is 2. The second-order valence-electron chi connectivity index (χ2n) is 4.88. The monoisotopic (exact) mass is 332 g/mol. The Bertz CT molecular complexity index is 653. The summed E-state index contributed by atoms with van der Waals surface area (Å²) in [5.74, 6) is -0.0468. The van der Waals surface area contributed by atoms with Crippen LogP contribution in [0.2, 0.25) is 0 Å². The van der Waals surface area contributed by atoms with Gasteiger partial charge in [-0.3, -0.25) is 4.79 Å². The van der Waals surface area contributed by atoms with Crippen LogP contribution in [0.4, 0.5) is 11.4 Å². The average Bonchev–Trinajstić information content (AvgIpc) is 2.36. The van der Waals surface area contributed by atoms with E-state index < -0.39 is 0 Å². The Balaban J connectivity index is 2.10. The standard InChI is InChI=1S/C16H17BrN2O/c1-10-6-11(2)15(9-14(10)18)19-16(20)8-12-4-3-5-13(17)7-12/h3-7,9H,8,18H2,1-2H3,(H,19,20). The zero-order valence-corrected chi connectivity index (χ0v) is 13.1. The Morgan fingerprint density at radius 3 is 2.65 bits per heavy atom. The maximum absolute atomic E-state index is 12.1. The van der Waals surface area contributed by atoms with E-state index in [1.165, 1.54) is 0 Å². The summed E-state index contributed by atoms with van der Waals surface area (Å²) in [5.41, 5.74) is 10.3. The van der Waals surface area contributed by atoms with Crippen molar-refractivity contribution in [3.05, 3.63) is 57.6 Å². The summed E-state index contributed by atoms with van der Waals surface area (Å²) in [6, 6.07) is 11.5. The molecule has 4 heteroatoms. The van der Waals surface area contributed by atoms with Gasteiger partial charge < -0.3 is 11.1 Å². The summed E-state index contributed by atoms with van der Waals surface area (Å²) in [6.07, 6.45) is 0.340. The quantitative estimate of drug-likeness (QED) is 0.839. The van der Waals surface area contributed by atoms with Gasteiger partial charge in [0.25, 0.3) is 0 Å². The lowest BCUT2D eigenvalue weighted by molar-refractivity contribution is -0.115. The Hall–Kier alpha value is -1.81. The van der Waals surface area contributed by atoms with Crippen molar-refractivity contribution >= 4 is 33.2 Å². The molecule has 0 unspecified atom stereocenters. The number of hydrogen-bond acceptors (Lipinski definition) is 2. The predicted octanol–water partition coefficient (Wildman–Crippen LogP) is 3.83. The zero-order chi connectivity index (χ0) is 14.7. The van der Waals surface area contributed by atoms with Gasteiger partial charge in [0.1, 0.15) is 0 Å². The second kappa shape index (κ2) is 6.09. The third-order valence-corrected chi connectivity index (χ3v) is 3.63. The molecule has 0 aromatic heterocycles. The number of carbonyl (C=O) groups excluding carboxylic acids is 1. The van der Waals surface area contributed by atoms with E-state index in [4.69, 9.17) is 5.73 Å². The Labute approximate surface area is 127 Å². The van der Waals surface area contributed by atoms with E-state index in [1.807, 2.05) is 50.2 Å². The molecule has 2 rings (SSSR count). The maximum Gasteiger partial charge on any atom is 0.228 e. The Morgan fingerprint density at radius 1 is 1.20 bits per heavy atom. The van der Waals surface area contributed by atoms with Crippen LogP contribution >= 0.6 is 15.9 Å². The molecule has 3 N–H and O–H groups in total. The molecule has 0 aliphatic heterocycles. The molecule has 0 spiro atoms. The SMILES string of the molecule is Cc1cc(C)c(NC(=O)Cc2cccc(Br)c2)cc1N. The molecule has 3 nitrogen and oxygen atoms in total. The summed E-state index contributed by atoms with van der Waals surface area (Å²) in [5, 5.41) is 2.91. The number of carbonyl (C=O) groups is 1. The van der Waals surface area contributed by atoms with E-state index in [1.54, 1.807) is 0 Å². The van der Waals surface area contributed by atoms with Crippen LogP contribution in [-0.4, -0.2) is 5.91 Å². The Morgan fingerprint density at radius 2 is 1.95 bits per heavy atom. The largest absolute Gasteiger partial charge is 0.398 e. The van der Waals surface area contributed by atoms with Gasteiger partial charge in [0.2, 0.25) is 5.91 Å². The lowest BCUT2D eigenvalue weighted by Crippen LogP contribution is -2.15. The van der Waals surface area contributed by atoms with Gasteiger partial charge >= 0.3 is 0 Å². The molecule has 0 aliphatic carbocycles. The van der Waals surface area contributed by atoms with Crippen LogP contribution in [0, 0.1) is 13.8 Å². The molecule has 20 heavy (non-hydrogen) atoms. The first-order chi connectivity index (χ1) is 9.45. The van der Waals surface area contributed by atoms with Crippen molar-refractivity contribution in [1.82, 2.24) is 0 Å². The Kier molecular flexibility index (Phi) is 4.45. The molecular weight excluding hydrogens is 316 g/mol. The van der Waals surface area contributed by atoms with Gasteiger partial charge in [-0.15, -0.1) is 0 Å². The second-order valence-corrected chi connectivity index (χ2v) is 5.79. The van der Waals surface area contributed by atoms with Gasteiger partial charge in [-0.1, -0.05) is 34.1 Å². The minimum absolute atomic E-state index is 0.0468. The summed E-state index contributed by atoms with van der Waals surface area (Å²) in [7, 11) is 0. The van der Waals surface area contributed by atoms with E-state index in [0.717, 1.165) is 26.9 Å². The van der Waals surface area contributed by atoms with Crippen LogP contribution in [-0.2, 0) is 11.2 Å². The molecule has 0 radical (unpaired) electrons. The summed E-state index contributed by atoms with van der Waals surface area (Å²) in [4.78, 5) is 12.1. The van der Waals surface area contributed by atoms with Crippen LogP contribution in [0.1, 0.15) is 16.7 Å². The van der Waals surface area contributed by atoms with Crippen molar-refractivity contribution in [2.75, 3.05) is 11.1 Å². The van der Waals surface area contributed by atoms with E-state index >= 15 is 0 Å². The fraction of sp³-hybridized carbons (Fsp3) is 0.188. The number of halogens is 1. The number of anilines is 2. The lowest BCUT2D eigenvalue weighted by atomic mass is 10.1. The molecular formula is C16H17BrN2O. The number of aryl methyl sites for hydroxylation is 2. The molecule has 104 valence electrons. The molecule has 2 aromatic carbocycles. The van der Waals surface area contributed by atoms with Crippen molar-refractivity contribution in [2.45, 2.75) is 20.3 Å². The van der Waals surface area contributed by atoms with Gasteiger partial charge in [-0.2, -0.15) is 0 Å². The fourth-order valence-electron chi connectivity index (χ4n) is 2.03. The first kappa shape index (κ1) is 14.6. The van der Waals surface area contributed by atoms with Crippen LogP contribution in [0.5, 0.6) is 0 Å². The summed E-state index contributed by atoms with van der Waals surface area (Å²) >= 11 is 3.40. The maximum atomic E-state index is 12.1. The number of nitrogens with two attached hydrogens (primary N) is 1. The molecule has 1 amide bonds. The molecule has 0 fully saturated rings. The minimum atomic E-state index is -0.0468. The van der Waals surface area contributed by atoms with Crippen molar-refractivity contribution in [2.24, 2.45) is 0 Å². The van der Waals surface area contributed by atoms with Gasteiger partial charge in [0.15, 0.2) is 0 Å². The number of rotatable bonds is 3. The zero-order valence-electron chi connectivity index (χ0n) is 11.5. The van der Waals surface area contributed by atoms with Crippen LogP contribution < -0.4 is 11.1 Å². The van der Waals surface area contributed by atoms with Gasteiger partial charge in [0, 0.05) is 15.8 Å². The van der Waals surface area contributed by atoms with Crippen LogP contribution in [0.15, 0.2) is 40.9 Å². The molecule has 0 saturated carbocycles. The van der Waals surface area contributed by atoms with E-state index in [9.17, 15) is 4.79 Å². The summed E-state index contributed by atoms with van der Waals surface area (Å²) in [6.45, 7) is 3.91. The molecule has 0 bridgehead atoms. The fourth-order valence-corrected chi connectivity index (χ4v) is 2.48. The lowest BCUT2D eigenvalue weighted by Gasteiger charge is -2.11. The topological polar surface area (TPSA) is 55.1 Å². The highest BCUT2D eigenvalue weighted by Gasteiger charge is 2.08. The average molecular weight is 333 g/mol. The highest BCUT2D eigenvalue weighted by atomic mass is 79.9. The molecule has 2 aromatic rings. The van der Waals surface area contributed by atoms with Crippen molar-refractivity contribution in [3.8, 4) is 0 Å². The molecule has 0 aliphatic rings.